The Morgan fingerprint density at radius 1 is 1.28 bits per heavy atom. The second kappa shape index (κ2) is 8.70. The second-order valence-corrected chi connectivity index (χ2v) is 6.51. The van der Waals surface area contributed by atoms with Gasteiger partial charge in [-0.1, -0.05) is 40.7 Å². The molecule has 104 valence electrons. The molecule has 9 heteroatoms. The molecule has 18 heavy (non-hydrogen) atoms. The van der Waals surface area contributed by atoms with Crippen molar-refractivity contribution in [2.45, 2.75) is 30.7 Å². The van der Waals surface area contributed by atoms with Crippen molar-refractivity contribution >= 4 is 50.6 Å². The van der Waals surface area contributed by atoms with E-state index in [1.807, 2.05) is 6.92 Å². The number of carboxylic acids is 2. The van der Waals surface area contributed by atoms with E-state index in [0.717, 1.165) is 10.8 Å². The van der Waals surface area contributed by atoms with Crippen molar-refractivity contribution in [3.8, 4) is 0 Å². The number of nitrogens with two attached hydrogens (primary N) is 2. The van der Waals surface area contributed by atoms with Gasteiger partial charge in [-0.15, -0.1) is 0 Å². The van der Waals surface area contributed by atoms with Gasteiger partial charge in [0.1, 0.15) is 12.1 Å². The average molecular weight is 312 g/mol. The van der Waals surface area contributed by atoms with Crippen molar-refractivity contribution in [2.75, 3.05) is 5.75 Å². The molecule has 0 bridgehead atoms. The predicted octanol–water partition coefficient (Wildman–Crippen LogP) is 0.340. The number of hydrogen-bond acceptors (Lipinski definition) is 7. The maximum Gasteiger partial charge on any atom is 0.322 e. The van der Waals surface area contributed by atoms with Gasteiger partial charge in [-0.3, -0.25) is 9.59 Å². The van der Waals surface area contributed by atoms with E-state index in [-0.39, 0.29) is 5.75 Å². The lowest BCUT2D eigenvalue weighted by molar-refractivity contribution is -0.139. The van der Waals surface area contributed by atoms with Gasteiger partial charge in [-0.25, -0.2) is 0 Å². The summed E-state index contributed by atoms with van der Waals surface area (Å²) in [6.45, 7) is 1.82. The second-order valence-electron chi connectivity index (χ2n) is 3.43. The van der Waals surface area contributed by atoms with E-state index in [1.54, 1.807) is 0 Å². The van der Waals surface area contributed by atoms with E-state index >= 15 is 0 Å². The Labute approximate surface area is 118 Å². The molecular weight excluding hydrogens is 296 g/mol. The molecule has 0 saturated heterocycles. The number of aliphatic carboxylic acids is 2. The van der Waals surface area contributed by atoms with Crippen LogP contribution in [0.2, 0.25) is 0 Å². The fraction of sp³-hybridized carbons (Fsp3) is 0.667. The van der Waals surface area contributed by atoms with E-state index in [0.29, 0.717) is 11.3 Å². The summed E-state index contributed by atoms with van der Waals surface area (Å²) in [6, 6.07) is -2.09. The Bertz CT molecular complexity index is 327. The van der Waals surface area contributed by atoms with Crippen LogP contribution in [0.1, 0.15) is 13.3 Å². The summed E-state index contributed by atoms with van der Waals surface area (Å²) in [6.07, 6.45) is 0.541. The third-order valence-corrected chi connectivity index (χ3v) is 5.56. The highest BCUT2D eigenvalue weighted by Crippen LogP contribution is 2.30. The van der Waals surface area contributed by atoms with Crippen LogP contribution in [0.15, 0.2) is 0 Å². The molecule has 0 heterocycles. The molecule has 0 radical (unpaired) electrons. The van der Waals surface area contributed by atoms with Crippen molar-refractivity contribution in [2.24, 2.45) is 11.5 Å². The Morgan fingerprint density at radius 2 is 1.83 bits per heavy atom. The minimum Gasteiger partial charge on any atom is -0.480 e. The maximum atomic E-state index is 10.8. The molecule has 0 fully saturated rings. The van der Waals surface area contributed by atoms with Crippen LogP contribution in [0.4, 0.5) is 0 Å². The van der Waals surface area contributed by atoms with E-state index in [4.69, 9.17) is 33.9 Å². The first kappa shape index (κ1) is 17.6. The largest absolute Gasteiger partial charge is 0.480 e. The molecule has 0 spiro atoms. The van der Waals surface area contributed by atoms with E-state index in [1.165, 1.54) is 10.8 Å². The van der Waals surface area contributed by atoms with Crippen molar-refractivity contribution < 1.29 is 19.8 Å². The molecule has 0 saturated carbocycles. The van der Waals surface area contributed by atoms with Gasteiger partial charge in [0.2, 0.25) is 0 Å². The molecule has 6 N–H and O–H groups in total. The van der Waals surface area contributed by atoms with Crippen molar-refractivity contribution in [3.05, 3.63) is 0 Å². The first-order chi connectivity index (χ1) is 8.31. The van der Waals surface area contributed by atoms with Gasteiger partial charge in [-0.2, -0.15) is 0 Å². The molecule has 0 aromatic rings. The zero-order valence-electron chi connectivity index (χ0n) is 9.74. The topological polar surface area (TPSA) is 127 Å². The highest BCUT2D eigenvalue weighted by molar-refractivity contribution is 8.77. The molecule has 3 atom stereocenters. The summed E-state index contributed by atoms with van der Waals surface area (Å²) in [7, 11) is 2.33. The fourth-order valence-electron chi connectivity index (χ4n) is 0.902. The van der Waals surface area contributed by atoms with Crippen molar-refractivity contribution in [1.82, 2.24) is 0 Å². The highest BCUT2D eigenvalue weighted by atomic mass is 33.1. The van der Waals surface area contributed by atoms with Gasteiger partial charge in [-0.05, 0) is 6.42 Å². The molecule has 0 aliphatic carbocycles. The number of hydrogen-bond donors (Lipinski definition) is 4. The third-order valence-electron chi connectivity index (χ3n) is 2.01. The molecule has 1 unspecified atom stereocenters. The van der Waals surface area contributed by atoms with Crippen LogP contribution in [0.3, 0.4) is 0 Å². The quantitative estimate of drug-likeness (QED) is 0.352. The van der Waals surface area contributed by atoms with Crippen LogP contribution >= 0.6 is 33.8 Å². The predicted molar refractivity (Wildman–Crippen MR) is 77.9 cm³/mol. The smallest absolute Gasteiger partial charge is 0.322 e. The van der Waals surface area contributed by atoms with Crippen LogP contribution in [0, 0.1) is 0 Å². The van der Waals surface area contributed by atoms with E-state index in [9.17, 15) is 9.59 Å². The first-order valence-electron chi connectivity index (χ1n) is 5.09. The minimum atomic E-state index is -1.13. The van der Waals surface area contributed by atoms with Gasteiger partial charge >= 0.3 is 11.9 Å². The Hall–Kier alpha value is -0.350. The number of carbonyl (C=O) groups is 2. The van der Waals surface area contributed by atoms with Gasteiger partial charge in [0.25, 0.3) is 0 Å². The lowest BCUT2D eigenvalue weighted by atomic mass is 10.1. The summed E-state index contributed by atoms with van der Waals surface area (Å²) >= 11 is 5.08. The number of rotatable bonds is 9. The average Bonchev–Trinajstić information content (AvgIpc) is 2.32. The molecular formula is C9H16N2O4S3. The van der Waals surface area contributed by atoms with Crippen molar-refractivity contribution in [1.29, 1.82) is 0 Å². The lowest BCUT2D eigenvalue weighted by Gasteiger charge is -2.20. The third kappa shape index (κ3) is 6.01. The molecule has 0 amide bonds. The van der Waals surface area contributed by atoms with Gasteiger partial charge < -0.3 is 21.7 Å². The summed E-state index contributed by atoms with van der Waals surface area (Å²) < 4.78 is 0. The summed E-state index contributed by atoms with van der Waals surface area (Å²) in [5, 5.41) is 16.9. The molecule has 0 aromatic carbocycles. The maximum absolute atomic E-state index is 10.8. The monoisotopic (exact) mass is 312 g/mol. The molecule has 6 nitrogen and oxygen atoms in total. The standard InChI is InChI=1S/C9H16N2O4S3/c1-2-5(16)7(6(11)9(14)15)18-17-3-4(10)8(12)13/h4,6-7H,2-3,10-11H2,1H3,(H,12,13)(H,14,15)/t4-,6-,7?/m0/s1. The molecule has 0 aromatic heterocycles. The zero-order valence-corrected chi connectivity index (χ0v) is 12.2. The first-order valence-corrected chi connectivity index (χ1v) is 7.88. The number of thiocarbonyl (C=S) groups is 1. The lowest BCUT2D eigenvalue weighted by Crippen LogP contribution is -2.43. The van der Waals surface area contributed by atoms with Crippen LogP contribution in [-0.4, -0.2) is 50.1 Å². The minimum absolute atomic E-state index is 0.162. The highest BCUT2D eigenvalue weighted by Gasteiger charge is 2.28. The van der Waals surface area contributed by atoms with Gasteiger partial charge in [0.05, 0.1) is 5.25 Å². The SMILES string of the molecule is CCC(=S)C(SSC[C@H](N)C(=O)O)[C@H](N)C(=O)O. The van der Waals surface area contributed by atoms with Crippen LogP contribution in [0.5, 0.6) is 0 Å². The zero-order chi connectivity index (χ0) is 14.3. The fourth-order valence-corrected chi connectivity index (χ4v) is 4.22. The normalized spacial score (nSPS) is 15.7. The Kier molecular flexibility index (Phi) is 8.53. The van der Waals surface area contributed by atoms with E-state index in [2.05, 4.69) is 0 Å². The molecule has 0 rings (SSSR count). The van der Waals surface area contributed by atoms with Crippen molar-refractivity contribution in [3.63, 3.8) is 0 Å². The summed E-state index contributed by atoms with van der Waals surface area (Å²) in [4.78, 5) is 21.9. The van der Waals surface area contributed by atoms with Gasteiger partial charge in [0.15, 0.2) is 0 Å². The Morgan fingerprint density at radius 3 is 2.22 bits per heavy atom. The van der Waals surface area contributed by atoms with Gasteiger partial charge in [0, 0.05) is 10.6 Å². The van der Waals surface area contributed by atoms with Crippen LogP contribution in [-0.2, 0) is 9.59 Å². The van der Waals surface area contributed by atoms with Crippen LogP contribution in [0.25, 0.3) is 0 Å². The van der Waals surface area contributed by atoms with Crippen LogP contribution < -0.4 is 11.5 Å². The summed E-state index contributed by atoms with van der Waals surface area (Å²) in [5.41, 5.74) is 10.9. The van der Waals surface area contributed by atoms with E-state index < -0.39 is 29.3 Å². The summed E-state index contributed by atoms with van der Waals surface area (Å²) in [5.74, 6) is -2.07. The number of carboxylic acid groups (broad SMARTS) is 2. The molecule has 0 aliphatic rings. The molecule has 0 aliphatic heterocycles. The Balaban J connectivity index is 4.39.